The third-order valence-electron chi connectivity index (χ3n) is 4.91. The van der Waals surface area contributed by atoms with Crippen LogP contribution in [0.4, 0.5) is 0 Å². The van der Waals surface area contributed by atoms with Gasteiger partial charge in [-0.3, -0.25) is 0 Å². The van der Waals surface area contributed by atoms with Crippen molar-refractivity contribution in [3.63, 3.8) is 0 Å². The standard InChI is InChI=1S/C15H29NO2/c1-11(15(17-2)18-3)16-14-9-8-12-6-4-5-7-13(12)10-14/h11-16H,4-10H2,1-3H3. The highest BCUT2D eigenvalue weighted by atomic mass is 16.7. The van der Waals surface area contributed by atoms with Crippen molar-refractivity contribution >= 4 is 0 Å². The second-order valence-corrected chi connectivity index (χ2v) is 6.11. The molecule has 0 spiro atoms. The predicted molar refractivity (Wildman–Crippen MR) is 73.5 cm³/mol. The summed E-state index contributed by atoms with van der Waals surface area (Å²) in [5, 5.41) is 3.70. The fourth-order valence-electron chi connectivity index (χ4n) is 3.98. The topological polar surface area (TPSA) is 30.5 Å². The van der Waals surface area contributed by atoms with Gasteiger partial charge >= 0.3 is 0 Å². The summed E-state index contributed by atoms with van der Waals surface area (Å²) < 4.78 is 10.6. The van der Waals surface area contributed by atoms with Crippen LogP contribution in [0.15, 0.2) is 0 Å². The van der Waals surface area contributed by atoms with Gasteiger partial charge in [0.1, 0.15) is 0 Å². The van der Waals surface area contributed by atoms with E-state index in [0.29, 0.717) is 6.04 Å². The van der Waals surface area contributed by atoms with E-state index in [1.807, 2.05) is 0 Å². The summed E-state index contributed by atoms with van der Waals surface area (Å²) >= 11 is 0. The summed E-state index contributed by atoms with van der Waals surface area (Å²) in [5.41, 5.74) is 0. The van der Waals surface area contributed by atoms with Gasteiger partial charge in [0.05, 0.1) is 6.04 Å². The summed E-state index contributed by atoms with van der Waals surface area (Å²) in [7, 11) is 3.43. The molecular weight excluding hydrogens is 226 g/mol. The maximum Gasteiger partial charge on any atom is 0.171 e. The molecule has 0 bridgehead atoms. The lowest BCUT2D eigenvalue weighted by atomic mass is 9.69. The molecule has 3 heteroatoms. The molecule has 18 heavy (non-hydrogen) atoms. The first-order chi connectivity index (χ1) is 8.74. The molecule has 0 aromatic carbocycles. The SMILES string of the molecule is COC(OC)C(C)NC1CCC2CCCCC2C1. The number of hydrogen-bond donors (Lipinski definition) is 1. The third kappa shape index (κ3) is 3.46. The van der Waals surface area contributed by atoms with Crippen LogP contribution in [0.5, 0.6) is 0 Å². The Morgan fingerprint density at radius 1 is 0.944 bits per heavy atom. The van der Waals surface area contributed by atoms with Crippen LogP contribution in [0.1, 0.15) is 51.9 Å². The molecule has 2 aliphatic carbocycles. The molecule has 4 atom stereocenters. The minimum atomic E-state index is -0.130. The van der Waals surface area contributed by atoms with Crippen molar-refractivity contribution in [2.45, 2.75) is 70.2 Å². The Morgan fingerprint density at radius 3 is 2.28 bits per heavy atom. The Hall–Kier alpha value is -0.120. The highest BCUT2D eigenvalue weighted by molar-refractivity contribution is 4.87. The van der Waals surface area contributed by atoms with Crippen LogP contribution in [0, 0.1) is 11.8 Å². The minimum Gasteiger partial charge on any atom is -0.354 e. The lowest BCUT2D eigenvalue weighted by Crippen LogP contribution is -2.48. The van der Waals surface area contributed by atoms with Crippen LogP contribution >= 0.6 is 0 Å². The van der Waals surface area contributed by atoms with E-state index < -0.39 is 0 Å². The largest absolute Gasteiger partial charge is 0.354 e. The molecule has 2 aliphatic rings. The van der Waals surface area contributed by atoms with Crippen molar-refractivity contribution in [1.82, 2.24) is 5.32 Å². The lowest BCUT2D eigenvalue weighted by molar-refractivity contribution is -0.122. The molecular formula is C15H29NO2. The Kier molecular flexibility index (Phi) is 5.46. The van der Waals surface area contributed by atoms with Gasteiger partial charge in [-0.2, -0.15) is 0 Å². The van der Waals surface area contributed by atoms with E-state index in [0.717, 1.165) is 11.8 Å². The van der Waals surface area contributed by atoms with Gasteiger partial charge in [-0.05, 0) is 38.0 Å². The zero-order valence-corrected chi connectivity index (χ0v) is 12.2. The van der Waals surface area contributed by atoms with Gasteiger partial charge in [-0.25, -0.2) is 0 Å². The van der Waals surface area contributed by atoms with E-state index in [2.05, 4.69) is 12.2 Å². The second-order valence-electron chi connectivity index (χ2n) is 6.11. The Morgan fingerprint density at radius 2 is 1.61 bits per heavy atom. The van der Waals surface area contributed by atoms with Crippen LogP contribution in [-0.2, 0) is 9.47 Å². The lowest BCUT2D eigenvalue weighted by Gasteiger charge is -2.41. The zero-order valence-electron chi connectivity index (χ0n) is 12.2. The van der Waals surface area contributed by atoms with Crippen LogP contribution in [-0.4, -0.2) is 32.6 Å². The smallest absolute Gasteiger partial charge is 0.171 e. The predicted octanol–water partition coefficient (Wildman–Crippen LogP) is 2.94. The molecule has 106 valence electrons. The van der Waals surface area contributed by atoms with Gasteiger partial charge in [-0.1, -0.05) is 25.7 Å². The van der Waals surface area contributed by atoms with Gasteiger partial charge in [0.15, 0.2) is 6.29 Å². The second kappa shape index (κ2) is 6.88. The first-order valence-electron chi connectivity index (χ1n) is 7.56. The van der Waals surface area contributed by atoms with Crippen molar-refractivity contribution in [3.05, 3.63) is 0 Å². The minimum absolute atomic E-state index is 0.130. The summed E-state index contributed by atoms with van der Waals surface area (Å²) in [5.74, 6) is 1.99. The molecule has 0 heterocycles. The summed E-state index contributed by atoms with van der Waals surface area (Å²) in [6.45, 7) is 2.16. The molecule has 2 saturated carbocycles. The van der Waals surface area contributed by atoms with E-state index in [-0.39, 0.29) is 12.3 Å². The number of hydrogen-bond acceptors (Lipinski definition) is 3. The normalized spacial score (nSPS) is 34.3. The van der Waals surface area contributed by atoms with Crippen LogP contribution in [0.3, 0.4) is 0 Å². The van der Waals surface area contributed by atoms with Gasteiger partial charge in [0.25, 0.3) is 0 Å². The highest BCUT2D eigenvalue weighted by Gasteiger charge is 2.33. The van der Waals surface area contributed by atoms with E-state index in [9.17, 15) is 0 Å². The average molecular weight is 255 g/mol. The molecule has 3 nitrogen and oxygen atoms in total. The highest BCUT2D eigenvalue weighted by Crippen LogP contribution is 2.40. The molecule has 2 fully saturated rings. The summed E-state index contributed by atoms with van der Waals surface area (Å²) in [6, 6.07) is 0.928. The van der Waals surface area contributed by atoms with Crippen molar-refractivity contribution < 1.29 is 9.47 Å². The van der Waals surface area contributed by atoms with Crippen molar-refractivity contribution in [2.75, 3.05) is 14.2 Å². The van der Waals surface area contributed by atoms with Gasteiger partial charge < -0.3 is 14.8 Å². The van der Waals surface area contributed by atoms with E-state index in [4.69, 9.17) is 9.47 Å². The quantitative estimate of drug-likeness (QED) is 0.766. The molecule has 0 amide bonds. The van der Waals surface area contributed by atoms with Crippen LogP contribution < -0.4 is 5.32 Å². The fraction of sp³-hybridized carbons (Fsp3) is 1.00. The molecule has 0 aromatic heterocycles. The Balaban J connectivity index is 1.80. The summed E-state index contributed by atoms with van der Waals surface area (Å²) in [6.07, 6.45) is 9.81. The zero-order chi connectivity index (χ0) is 13.0. The number of fused-ring (bicyclic) bond motifs is 1. The maximum absolute atomic E-state index is 5.32. The van der Waals surface area contributed by atoms with E-state index in [1.54, 1.807) is 14.2 Å². The number of ether oxygens (including phenoxy) is 2. The number of methoxy groups -OCH3 is 2. The number of rotatable bonds is 5. The maximum atomic E-state index is 5.32. The molecule has 0 aliphatic heterocycles. The third-order valence-corrected chi connectivity index (χ3v) is 4.91. The van der Waals surface area contributed by atoms with Gasteiger partial charge in [0.2, 0.25) is 0 Å². The Labute approximate surface area is 112 Å². The van der Waals surface area contributed by atoms with E-state index >= 15 is 0 Å². The first kappa shape index (κ1) is 14.3. The fourth-order valence-corrected chi connectivity index (χ4v) is 3.98. The Bertz CT molecular complexity index is 243. The van der Waals surface area contributed by atoms with Gasteiger partial charge in [0, 0.05) is 20.3 Å². The van der Waals surface area contributed by atoms with Crippen molar-refractivity contribution in [1.29, 1.82) is 0 Å². The molecule has 4 unspecified atom stereocenters. The molecule has 1 N–H and O–H groups in total. The van der Waals surface area contributed by atoms with Gasteiger partial charge in [-0.15, -0.1) is 0 Å². The molecule has 0 saturated heterocycles. The van der Waals surface area contributed by atoms with Crippen LogP contribution in [0.2, 0.25) is 0 Å². The molecule has 0 aromatic rings. The first-order valence-corrected chi connectivity index (χ1v) is 7.56. The summed E-state index contributed by atoms with van der Waals surface area (Å²) in [4.78, 5) is 0. The van der Waals surface area contributed by atoms with E-state index in [1.165, 1.54) is 44.9 Å². The number of nitrogens with one attached hydrogen (secondary N) is 1. The monoisotopic (exact) mass is 255 g/mol. The molecule has 2 rings (SSSR count). The van der Waals surface area contributed by atoms with Crippen LogP contribution in [0.25, 0.3) is 0 Å². The average Bonchev–Trinajstić information content (AvgIpc) is 2.40. The molecule has 0 radical (unpaired) electrons. The van der Waals surface area contributed by atoms with Crippen molar-refractivity contribution in [3.8, 4) is 0 Å². The van der Waals surface area contributed by atoms with Crippen molar-refractivity contribution in [2.24, 2.45) is 11.8 Å².